The molecule has 7 nitrogen and oxygen atoms in total. The van der Waals surface area contributed by atoms with Gasteiger partial charge < -0.3 is 15.3 Å². The van der Waals surface area contributed by atoms with Crippen LogP contribution >= 0.6 is 11.6 Å². The van der Waals surface area contributed by atoms with Crippen molar-refractivity contribution in [2.75, 3.05) is 25.0 Å². The molecule has 8 heteroatoms. The number of rotatable bonds is 3. The molecule has 0 bridgehead atoms. The number of nitrogens with zero attached hydrogens (tertiary/aromatic N) is 2. The number of hydrogen-bond acceptors (Lipinski definition) is 4. The van der Waals surface area contributed by atoms with Crippen LogP contribution in [0.1, 0.15) is 12.8 Å². The van der Waals surface area contributed by atoms with Crippen molar-refractivity contribution in [1.29, 1.82) is 0 Å². The molecule has 0 spiro atoms. The van der Waals surface area contributed by atoms with Crippen molar-refractivity contribution in [2.45, 2.75) is 12.8 Å². The molecule has 2 amide bonds. The average Bonchev–Trinajstić information content (AvgIpc) is 2.49. The molecule has 0 saturated carbocycles. The van der Waals surface area contributed by atoms with E-state index >= 15 is 0 Å². The van der Waals surface area contributed by atoms with Crippen LogP contribution in [-0.4, -0.2) is 40.7 Å². The van der Waals surface area contributed by atoms with Gasteiger partial charge in [0.15, 0.2) is 0 Å². The summed E-state index contributed by atoms with van der Waals surface area (Å²) in [6, 6.07) is 3.84. The number of anilines is 1. The third kappa shape index (κ3) is 3.83. The van der Waals surface area contributed by atoms with E-state index in [1.165, 1.54) is 18.2 Å². The Labute approximate surface area is 126 Å². The molecule has 1 fully saturated rings. The molecule has 0 unspecified atom stereocenters. The summed E-state index contributed by atoms with van der Waals surface area (Å²) < 4.78 is 0. The van der Waals surface area contributed by atoms with Crippen molar-refractivity contribution >= 4 is 29.0 Å². The number of aliphatic hydroxyl groups is 1. The summed E-state index contributed by atoms with van der Waals surface area (Å²) in [5, 5.41) is 22.5. The summed E-state index contributed by atoms with van der Waals surface area (Å²) in [6.45, 7) is 1.26. The molecule has 1 heterocycles. The van der Waals surface area contributed by atoms with Crippen LogP contribution in [0.4, 0.5) is 16.2 Å². The molecular weight excluding hydrogens is 298 g/mol. The monoisotopic (exact) mass is 313 g/mol. The maximum absolute atomic E-state index is 12.1. The number of hydrogen-bond donors (Lipinski definition) is 2. The van der Waals surface area contributed by atoms with Crippen molar-refractivity contribution in [1.82, 2.24) is 4.90 Å². The van der Waals surface area contributed by atoms with Crippen molar-refractivity contribution in [3.8, 4) is 0 Å². The van der Waals surface area contributed by atoms with E-state index in [0.717, 1.165) is 12.8 Å². The number of amides is 2. The zero-order valence-corrected chi connectivity index (χ0v) is 12.0. The number of carbonyl (C=O) groups is 1. The van der Waals surface area contributed by atoms with Gasteiger partial charge in [0.25, 0.3) is 5.69 Å². The van der Waals surface area contributed by atoms with E-state index in [9.17, 15) is 14.9 Å². The first-order valence-electron chi connectivity index (χ1n) is 6.62. The topological polar surface area (TPSA) is 95.7 Å². The first kappa shape index (κ1) is 15.5. The van der Waals surface area contributed by atoms with Crippen molar-refractivity contribution < 1.29 is 14.8 Å². The molecule has 1 aliphatic rings. The van der Waals surface area contributed by atoms with Gasteiger partial charge in [-0.2, -0.15) is 0 Å². The number of benzene rings is 1. The highest BCUT2D eigenvalue weighted by molar-refractivity contribution is 6.32. The number of halogens is 1. The van der Waals surface area contributed by atoms with Gasteiger partial charge in [-0.25, -0.2) is 4.79 Å². The Morgan fingerprint density at radius 2 is 2.14 bits per heavy atom. The molecule has 1 saturated heterocycles. The maximum atomic E-state index is 12.1. The molecule has 2 N–H and O–H groups in total. The van der Waals surface area contributed by atoms with E-state index in [2.05, 4.69) is 5.32 Å². The summed E-state index contributed by atoms with van der Waals surface area (Å²) >= 11 is 5.72. The number of aliphatic hydroxyl groups excluding tert-OH is 1. The van der Waals surface area contributed by atoms with Gasteiger partial charge in [-0.1, -0.05) is 11.6 Å². The lowest BCUT2D eigenvalue weighted by molar-refractivity contribution is -0.384. The number of piperidine rings is 1. The number of nitro groups is 1. The van der Waals surface area contributed by atoms with Crippen LogP contribution in [0.15, 0.2) is 18.2 Å². The molecule has 21 heavy (non-hydrogen) atoms. The summed E-state index contributed by atoms with van der Waals surface area (Å²) in [5.41, 5.74) is 0.0915. The van der Waals surface area contributed by atoms with Gasteiger partial charge in [0.05, 0.1) is 4.92 Å². The zero-order valence-electron chi connectivity index (χ0n) is 11.3. The lowest BCUT2D eigenvalue weighted by atomic mass is 9.98. The van der Waals surface area contributed by atoms with Gasteiger partial charge in [-0.3, -0.25) is 10.1 Å². The predicted octanol–water partition coefficient (Wildman–Crippen LogP) is 2.48. The largest absolute Gasteiger partial charge is 0.396 e. The average molecular weight is 314 g/mol. The summed E-state index contributed by atoms with van der Waals surface area (Å²) in [6.07, 6.45) is 1.51. The van der Waals surface area contributed by atoms with Crippen LogP contribution in [0.2, 0.25) is 5.02 Å². The summed E-state index contributed by atoms with van der Waals surface area (Å²) in [4.78, 5) is 23.9. The fraction of sp³-hybridized carbons (Fsp3) is 0.462. The molecule has 114 valence electrons. The van der Waals surface area contributed by atoms with Crippen LogP contribution in [0.3, 0.4) is 0 Å². The number of carbonyl (C=O) groups excluding carboxylic acids is 1. The summed E-state index contributed by atoms with van der Waals surface area (Å²) in [7, 11) is 0. The smallest absolute Gasteiger partial charge is 0.321 e. The predicted molar refractivity (Wildman–Crippen MR) is 78.5 cm³/mol. The third-order valence-corrected chi connectivity index (χ3v) is 3.87. The van der Waals surface area contributed by atoms with E-state index in [4.69, 9.17) is 16.7 Å². The van der Waals surface area contributed by atoms with Crippen LogP contribution < -0.4 is 5.32 Å². The first-order chi connectivity index (χ1) is 10.0. The minimum Gasteiger partial charge on any atom is -0.396 e. The number of nitrogens with one attached hydrogen (secondary N) is 1. The molecule has 2 rings (SSSR count). The highest BCUT2D eigenvalue weighted by atomic mass is 35.5. The van der Waals surface area contributed by atoms with Crippen molar-refractivity contribution in [3.63, 3.8) is 0 Å². The Kier molecular flexibility index (Phi) is 4.98. The Bertz CT molecular complexity index is 544. The van der Waals surface area contributed by atoms with Crippen molar-refractivity contribution in [3.05, 3.63) is 33.3 Å². The molecule has 1 aromatic rings. The lowest BCUT2D eigenvalue weighted by Gasteiger charge is -2.31. The minimum absolute atomic E-state index is 0.0294. The second-order valence-electron chi connectivity index (χ2n) is 4.97. The Balaban J connectivity index is 2.00. The van der Waals surface area contributed by atoms with E-state index < -0.39 is 4.92 Å². The summed E-state index contributed by atoms with van der Waals surface area (Å²) in [5.74, 6) is 0.241. The van der Waals surface area contributed by atoms with Crippen LogP contribution in [0, 0.1) is 16.0 Å². The number of nitro benzene ring substituents is 1. The van der Waals surface area contributed by atoms with E-state index in [-0.39, 0.29) is 29.3 Å². The molecule has 0 aromatic heterocycles. The van der Waals surface area contributed by atoms with E-state index in [0.29, 0.717) is 18.8 Å². The molecule has 1 aromatic carbocycles. The fourth-order valence-electron chi connectivity index (χ4n) is 2.25. The molecular formula is C13H16ClN3O4. The van der Waals surface area contributed by atoms with Crippen LogP contribution in [0.5, 0.6) is 0 Å². The minimum atomic E-state index is -0.593. The molecule has 1 aliphatic heterocycles. The van der Waals surface area contributed by atoms with Gasteiger partial charge in [-0.15, -0.1) is 0 Å². The molecule has 0 atom stereocenters. The number of likely N-dealkylation sites (tertiary alicyclic amines) is 1. The highest BCUT2D eigenvalue weighted by Crippen LogP contribution is 2.27. The Morgan fingerprint density at radius 1 is 1.48 bits per heavy atom. The normalized spacial score (nSPS) is 15.8. The SMILES string of the molecule is O=C(Nc1ccc(Cl)c([N+](=O)[O-])c1)N1CCC(CO)CC1. The third-order valence-electron chi connectivity index (χ3n) is 3.55. The first-order valence-corrected chi connectivity index (χ1v) is 6.99. The van der Waals surface area contributed by atoms with Gasteiger partial charge in [0, 0.05) is 31.5 Å². The Morgan fingerprint density at radius 3 is 2.71 bits per heavy atom. The zero-order chi connectivity index (χ0) is 15.4. The van der Waals surface area contributed by atoms with Crippen LogP contribution in [0.25, 0.3) is 0 Å². The van der Waals surface area contributed by atoms with E-state index in [1.807, 2.05) is 0 Å². The Hall–Kier alpha value is -1.86. The number of urea groups is 1. The highest BCUT2D eigenvalue weighted by Gasteiger charge is 2.23. The molecule has 0 aliphatic carbocycles. The second kappa shape index (κ2) is 6.73. The standard InChI is InChI=1S/C13H16ClN3O4/c14-11-2-1-10(7-12(11)17(20)21)15-13(19)16-5-3-9(8-18)4-6-16/h1-2,7,9,18H,3-6,8H2,(H,15,19). The van der Waals surface area contributed by atoms with Crippen molar-refractivity contribution in [2.24, 2.45) is 5.92 Å². The van der Waals surface area contributed by atoms with Gasteiger partial charge in [-0.05, 0) is 30.9 Å². The fourth-order valence-corrected chi connectivity index (χ4v) is 2.44. The molecule has 0 radical (unpaired) electrons. The second-order valence-corrected chi connectivity index (χ2v) is 5.37. The van der Waals surface area contributed by atoms with E-state index in [1.54, 1.807) is 4.90 Å². The lowest BCUT2D eigenvalue weighted by Crippen LogP contribution is -2.41. The quantitative estimate of drug-likeness (QED) is 0.662. The van der Waals surface area contributed by atoms with Gasteiger partial charge >= 0.3 is 6.03 Å². The van der Waals surface area contributed by atoms with Gasteiger partial charge in [0.1, 0.15) is 5.02 Å². The van der Waals surface area contributed by atoms with Gasteiger partial charge in [0.2, 0.25) is 0 Å². The maximum Gasteiger partial charge on any atom is 0.321 e. The van der Waals surface area contributed by atoms with Crippen LogP contribution in [-0.2, 0) is 0 Å².